The van der Waals surface area contributed by atoms with Crippen LogP contribution in [0.15, 0.2) is 46.0 Å². The second kappa shape index (κ2) is 6.87. The smallest absolute Gasteiger partial charge is 0.332 e. The van der Waals surface area contributed by atoms with Crippen LogP contribution in [0.4, 0.5) is 0 Å². The van der Waals surface area contributed by atoms with Crippen molar-refractivity contribution in [1.82, 2.24) is 23.1 Å². The molecule has 0 unspecified atom stereocenters. The molecule has 0 aliphatic carbocycles. The molecule has 4 rings (SSSR count). The van der Waals surface area contributed by atoms with Crippen LogP contribution in [0.2, 0.25) is 0 Å². The molecule has 4 aromatic rings. The summed E-state index contributed by atoms with van der Waals surface area (Å²) in [6, 6.07) is 6.83. The van der Waals surface area contributed by atoms with E-state index >= 15 is 0 Å². The SMILES string of the molecule is C/C=C/Cn1c(=O)c2c(nc3n(-c4ccc(C(N)=O)cc4)c(C)c(C)n23)n(C)c1=O. The second-order valence-electron chi connectivity index (χ2n) is 7.16. The Balaban J connectivity index is 2.09. The highest BCUT2D eigenvalue weighted by atomic mass is 16.2. The van der Waals surface area contributed by atoms with Gasteiger partial charge in [0.1, 0.15) is 0 Å². The van der Waals surface area contributed by atoms with Crippen molar-refractivity contribution in [1.29, 1.82) is 0 Å². The van der Waals surface area contributed by atoms with Gasteiger partial charge in [0, 0.05) is 36.2 Å². The lowest BCUT2D eigenvalue weighted by atomic mass is 10.2. The Morgan fingerprint density at radius 2 is 1.80 bits per heavy atom. The first-order valence-electron chi connectivity index (χ1n) is 9.49. The third-order valence-electron chi connectivity index (χ3n) is 5.45. The van der Waals surface area contributed by atoms with Crippen LogP contribution >= 0.6 is 0 Å². The summed E-state index contributed by atoms with van der Waals surface area (Å²) in [4.78, 5) is 41.9. The van der Waals surface area contributed by atoms with Gasteiger partial charge in [0.05, 0.1) is 0 Å². The van der Waals surface area contributed by atoms with Gasteiger partial charge in [-0.05, 0) is 45.0 Å². The number of amides is 1. The van der Waals surface area contributed by atoms with Crippen molar-refractivity contribution < 1.29 is 4.79 Å². The Morgan fingerprint density at radius 1 is 1.13 bits per heavy atom. The molecule has 0 spiro atoms. The van der Waals surface area contributed by atoms with E-state index in [0.717, 1.165) is 17.1 Å². The summed E-state index contributed by atoms with van der Waals surface area (Å²) in [7, 11) is 1.61. The Labute approximate surface area is 171 Å². The molecular weight excluding hydrogens is 384 g/mol. The third-order valence-corrected chi connectivity index (χ3v) is 5.45. The van der Waals surface area contributed by atoms with Gasteiger partial charge in [-0.1, -0.05) is 12.2 Å². The summed E-state index contributed by atoms with van der Waals surface area (Å²) in [5.74, 6) is 0.0121. The fourth-order valence-electron chi connectivity index (χ4n) is 3.71. The number of nitrogens with two attached hydrogens (primary N) is 1. The van der Waals surface area contributed by atoms with Crippen LogP contribution in [0.5, 0.6) is 0 Å². The number of aromatic nitrogens is 5. The van der Waals surface area contributed by atoms with Crippen molar-refractivity contribution in [3.05, 3.63) is 74.2 Å². The van der Waals surface area contributed by atoms with Gasteiger partial charge in [0.2, 0.25) is 11.7 Å². The van der Waals surface area contributed by atoms with Crippen molar-refractivity contribution in [2.45, 2.75) is 27.3 Å². The lowest BCUT2D eigenvalue weighted by molar-refractivity contribution is 0.100. The fraction of sp³-hybridized carbons (Fsp3) is 0.238. The largest absolute Gasteiger partial charge is 0.366 e. The molecule has 0 radical (unpaired) electrons. The summed E-state index contributed by atoms with van der Waals surface area (Å²) >= 11 is 0. The summed E-state index contributed by atoms with van der Waals surface area (Å²) in [6.07, 6.45) is 3.56. The van der Waals surface area contributed by atoms with E-state index in [0.29, 0.717) is 22.5 Å². The van der Waals surface area contributed by atoms with Crippen molar-refractivity contribution in [2.24, 2.45) is 12.8 Å². The number of benzene rings is 1. The molecule has 154 valence electrons. The number of nitrogens with zero attached hydrogens (tertiary/aromatic N) is 5. The minimum absolute atomic E-state index is 0.193. The summed E-state index contributed by atoms with van der Waals surface area (Å²) in [6.45, 7) is 5.86. The number of hydrogen-bond donors (Lipinski definition) is 1. The van der Waals surface area contributed by atoms with Crippen molar-refractivity contribution >= 4 is 22.8 Å². The number of carbonyl (C=O) groups excluding carboxylic acids is 1. The van der Waals surface area contributed by atoms with E-state index in [-0.39, 0.29) is 12.1 Å². The minimum atomic E-state index is -0.504. The molecule has 1 aromatic carbocycles. The fourth-order valence-corrected chi connectivity index (χ4v) is 3.71. The molecule has 0 bridgehead atoms. The van der Waals surface area contributed by atoms with Crippen LogP contribution in [0.1, 0.15) is 28.7 Å². The van der Waals surface area contributed by atoms with Gasteiger partial charge in [-0.3, -0.25) is 27.7 Å². The molecule has 3 heterocycles. The molecular formula is C21H22N6O3. The van der Waals surface area contributed by atoms with Gasteiger partial charge in [0.15, 0.2) is 11.2 Å². The predicted octanol–water partition coefficient (Wildman–Crippen LogP) is 1.43. The maximum Gasteiger partial charge on any atom is 0.332 e. The first kappa shape index (κ1) is 19.4. The zero-order chi connectivity index (χ0) is 21.7. The maximum absolute atomic E-state index is 13.2. The van der Waals surface area contributed by atoms with Crippen LogP contribution < -0.4 is 17.0 Å². The van der Waals surface area contributed by atoms with Crippen LogP contribution in [0, 0.1) is 13.8 Å². The Bertz CT molecular complexity index is 1460. The molecule has 1 amide bonds. The maximum atomic E-state index is 13.2. The van der Waals surface area contributed by atoms with Crippen molar-refractivity contribution in [3.8, 4) is 5.69 Å². The average Bonchev–Trinajstić information content (AvgIpc) is 3.22. The van der Waals surface area contributed by atoms with E-state index in [1.165, 1.54) is 9.13 Å². The molecule has 0 fully saturated rings. The van der Waals surface area contributed by atoms with E-state index in [9.17, 15) is 14.4 Å². The minimum Gasteiger partial charge on any atom is -0.366 e. The molecule has 2 N–H and O–H groups in total. The summed E-state index contributed by atoms with van der Waals surface area (Å²) < 4.78 is 6.26. The average molecular weight is 406 g/mol. The zero-order valence-corrected chi connectivity index (χ0v) is 17.2. The van der Waals surface area contributed by atoms with Crippen molar-refractivity contribution in [3.63, 3.8) is 0 Å². The van der Waals surface area contributed by atoms with Crippen LogP contribution in [0.3, 0.4) is 0 Å². The van der Waals surface area contributed by atoms with E-state index < -0.39 is 11.6 Å². The van der Waals surface area contributed by atoms with Gasteiger partial charge >= 0.3 is 5.69 Å². The van der Waals surface area contributed by atoms with Gasteiger partial charge < -0.3 is 5.73 Å². The van der Waals surface area contributed by atoms with Crippen LogP contribution in [-0.2, 0) is 13.6 Å². The predicted molar refractivity (Wildman–Crippen MR) is 114 cm³/mol. The highest BCUT2D eigenvalue weighted by Gasteiger charge is 2.23. The lowest BCUT2D eigenvalue weighted by Crippen LogP contribution is -2.39. The molecule has 9 nitrogen and oxygen atoms in total. The van der Waals surface area contributed by atoms with Crippen LogP contribution in [-0.4, -0.2) is 29.0 Å². The first-order chi connectivity index (χ1) is 14.3. The van der Waals surface area contributed by atoms with Gasteiger partial charge in [-0.25, -0.2) is 4.79 Å². The molecule has 0 saturated heterocycles. The molecule has 30 heavy (non-hydrogen) atoms. The molecule has 3 aromatic heterocycles. The first-order valence-corrected chi connectivity index (χ1v) is 9.49. The molecule has 9 heteroatoms. The number of aryl methyl sites for hydroxylation is 2. The molecule has 0 aliphatic heterocycles. The van der Waals surface area contributed by atoms with Gasteiger partial charge in [-0.15, -0.1) is 0 Å². The Hall–Kier alpha value is -3.88. The van der Waals surface area contributed by atoms with E-state index in [1.54, 1.807) is 47.9 Å². The number of allylic oxidation sites excluding steroid dienone is 2. The second-order valence-corrected chi connectivity index (χ2v) is 7.16. The Kier molecular flexibility index (Phi) is 4.45. The van der Waals surface area contributed by atoms with Crippen molar-refractivity contribution in [2.75, 3.05) is 0 Å². The van der Waals surface area contributed by atoms with Gasteiger partial charge in [-0.2, -0.15) is 4.98 Å². The summed E-state index contributed by atoms with van der Waals surface area (Å²) in [5.41, 5.74) is 8.10. The van der Waals surface area contributed by atoms with E-state index in [4.69, 9.17) is 5.73 Å². The van der Waals surface area contributed by atoms with E-state index in [2.05, 4.69) is 4.98 Å². The number of imidazole rings is 2. The normalized spacial score (nSPS) is 11.9. The highest BCUT2D eigenvalue weighted by Crippen LogP contribution is 2.24. The third kappa shape index (κ3) is 2.62. The quantitative estimate of drug-likeness (QED) is 0.517. The number of carbonyl (C=O) groups is 1. The number of hydrogen-bond acceptors (Lipinski definition) is 4. The standard InChI is InChI=1S/C21H22N6O3/c1-5-6-11-25-19(29)16-18(24(4)21(25)30)23-20-26(12(2)13(3)27(16)20)15-9-7-14(8-10-15)17(22)28/h5-10H,11H2,1-4H3,(H2,22,28)/b6-5+. The van der Waals surface area contributed by atoms with E-state index in [1.807, 2.05) is 25.3 Å². The zero-order valence-electron chi connectivity index (χ0n) is 17.2. The number of primary amides is 1. The highest BCUT2D eigenvalue weighted by molar-refractivity contribution is 5.93. The molecule has 0 saturated carbocycles. The Morgan fingerprint density at radius 3 is 2.40 bits per heavy atom. The monoisotopic (exact) mass is 406 g/mol. The topological polar surface area (TPSA) is 109 Å². The molecule has 0 atom stereocenters. The van der Waals surface area contributed by atoms with Crippen LogP contribution in [0.25, 0.3) is 22.6 Å². The molecule has 0 aliphatic rings. The summed E-state index contributed by atoms with van der Waals surface area (Å²) in [5, 5.41) is 0. The lowest BCUT2D eigenvalue weighted by Gasteiger charge is -2.07. The van der Waals surface area contributed by atoms with Gasteiger partial charge in [0.25, 0.3) is 5.56 Å². The number of fused-ring (bicyclic) bond motifs is 3. The number of rotatable bonds is 4.